The van der Waals surface area contributed by atoms with Crippen molar-refractivity contribution in [3.05, 3.63) is 64.2 Å². The first-order valence-corrected chi connectivity index (χ1v) is 7.00. The van der Waals surface area contributed by atoms with E-state index in [1.807, 2.05) is 12.1 Å². The molecule has 0 spiro atoms. The number of benzene rings is 2. The molecule has 0 fully saturated rings. The number of esters is 1. The predicted molar refractivity (Wildman–Crippen MR) is 85.8 cm³/mol. The molecule has 21 heavy (non-hydrogen) atoms. The molecule has 2 aromatic rings. The van der Waals surface area contributed by atoms with Gasteiger partial charge in [0.05, 0.1) is 12.7 Å². The van der Waals surface area contributed by atoms with E-state index in [4.69, 9.17) is 4.74 Å². The van der Waals surface area contributed by atoms with Crippen molar-refractivity contribution in [2.75, 3.05) is 12.4 Å². The average molecular weight is 283 g/mol. The molecule has 0 saturated carbocycles. The number of carbonyl (C=O) groups excluding carboxylic acids is 1. The van der Waals surface area contributed by atoms with Gasteiger partial charge in [0, 0.05) is 12.2 Å². The molecule has 0 amide bonds. The van der Waals surface area contributed by atoms with Crippen LogP contribution in [0, 0.1) is 20.8 Å². The molecule has 0 unspecified atom stereocenters. The molecule has 0 bridgehead atoms. The van der Waals surface area contributed by atoms with Crippen molar-refractivity contribution in [3.63, 3.8) is 0 Å². The van der Waals surface area contributed by atoms with Gasteiger partial charge in [-0.1, -0.05) is 29.8 Å². The number of methoxy groups -OCH3 is 1. The number of rotatable bonds is 4. The highest BCUT2D eigenvalue weighted by Gasteiger charge is 2.06. The molecule has 0 saturated heterocycles. The van der Waals surface area contributed by atoms with Crippen molar-refractivity contribution >= 4 is 11.7 Å². The largest absolute Gasteiger partial charge is 0.465 e. The van der Waals surface area contributed by atoms with E-state index in [9.17, 15) is 4.79 Å². The fourth-order valence-corrected chi connectivity index (χ4v) is 2.53. The van der Waals surface area contributed by atoms with E-state index >= 15 is 0 Å². The standard InChI is InChI=1S/C18H21NO2/c1-12-9-13(2)17(14(3)10-12)19-11-15-5-7-16(8-6-15)18(20)21-4/h5-10,19H,11H2,1-4H3. The zero-order chi connectivity index (χ0) is 15.4. The molecule has 3 nitrogen and oxygen atoms in total. The van der Waals surface area contributed by atoms with Gasteiger partial charge >= 0.3 is 5.97 Å². The van der Waals surface area contributed by atoms with Crippen LogP contribution in [0.15, 0.2) is 36.4 Å². The highest BCUT2D eigenvalue weighted by Crippen LogP contribution is 2.22. The molecular formula is C18H21NO2. The van der Waals surface area contributed by atoms with Crippen LogP contribution in [-0.4, -0.2) is 13.1 Å². The molecule has 110 valence electrons. The average Bonchev–Trinajstić information content (AvgIpc) is 2.46. The Morgan fingerprint density at radius 1 is 1.05 bits per heavy atom. The van der Waals surface area contributed by atoms with Crippen molar-refractivity contribution in [1.29, 1.82) is 0 Å². The van der Waals surface area contributed by atoms with Gasteiger partial charge in [0.2, 0.25) is 0 Å². The summed E-state index contributed by atoms with van der Waals surface area (Å²) in [5.74, 6) is -0.306. The second-order valence-electron chi connectivity index (χ2n) is 5.32. The van der Waals surface area contributed by atoms with Crippen LogP contribution in [0.5, 0.6) is 0 Å². The molecule has 2 rings (SSSR count). The van der Waals surface area contributed by atoms with Crippen molar-refractivity contribution < 1.29 is 9.53 Å². The number of carbonyl (C=O) groups is 1. The van der Waals surface area contributed by atoms with Gasteiger partial charge < -0.3 is 10.1 Å². The Bertz CT molecular complexity index is 622. The monoisotopic (exact) mass is 283 g/mol. The lowest BCUT2D eigenvalue weighted by Gasteiger charge is -2.14. The summed E-state index contributed by atoms with van der Waals surface area (Å²) in [5, 5.41) is 3.47. The lowest BCUT2D eigenvalue weighted by molar-refractivity contribution is 0.0600. The van der Waals surface area contributed by atoms with Crippen molar-refractivity contribution in [1.82, 2.24) is 0 Å². The zero-order valence-electron chi connectivity index (χ0n) is 13.0. The highest BCUT2D eigenvalue weighted by atomic mass is 16.5. The predicted octanol–water partition coefficient (Wildman–Crippen LogP) is 4.01. The van der Waals surface area contributed by atoms with Crippen LogP contribution in [0.2, 0.25) is 0 Å². The maximum atomic E-state index is 11.4. The molecule has 0 radical (unpaired) electrons. The second-order valence-corrected chi connectivity index (χ2v) is 5.32. The van der Waals surface area contributed by atoms with E-state index in [0.717, 1.165) is 12.1 Å². The van der Waals surface area contributed by atoms with Gasteiger partial charge in [0.15, 0.2) is 0 Å². The summed E-state index contributed by atoms with van der Waals surface area (Å²) >= 11 is 0. The summed E-state index contributed by atoms with van der Waals surface area (Å²) in [7, 11) is 1.39. The number of aryl methyl sites for hydroxylation is 3. The Hall–Kier alpha value is -2.29. The van der Waals surface area contributed by atoms with Crippen LogP contribution in [0.25, 0.3) is 0 Å². The molecule has 3 heteroatoms. The maximum Gasteiger partial charge on any atom is 0.337 e. The SMILES string of the molecule is COC(=O)c1ccc(CNc2c(C)cc(C)cc2C)cc1. The summed E-state index contributed by atoms with van der Waals surface area (Å²) in [5.41, 5.74) is 6.65. The van der Waals surface area contributed by atoms with Crippen molar-refractivity contribution in [2.45, 2.75) is 27.3 Å². The Labute approximate surface area is 126 Å². The van der Waals surface area contributed by atoms with E-state index in [2.05, 4.69) is 38.2 Å². The summed E-state index contributed by atoms with van der Waals surface area (Å²) in [6, 6.07) is 11.8. The van der Waals surface area contributed by atoms with Crippen LogP contribution in [0.3, 0.4) is 0 Å². The first kappa shape index (κ1) is 15.1. The minimum Gasteiger partial charge on any atom is -0.465 e. The van der Waals surface area contributed by atoms with Crippen molar-refractivity contribution in [3.8, 4) is 0 Å². The van der Waals surface area contributed by atoms with Gasteiger partial charge in [-0.05, 0) is 49.6 Å². The molecule has 1 N–H and O–H groups in total. The van der Waals surface area contributed by atoms with Gasteiger partial charge in [-0.3, -0.25) is 0 Å². The van der Waals surface area contributed by atoms with Gasteiger partial charge in [0.25, 0.3) is 0 Å². The fourth-order valence-electron chi connectivity index (χ4n) is 2.53. The fraction of sp³-hybridized carbons (Fsp3) is 0.278. The number of anilines is 1. The number of hydrogen-bond acceptors (Lipinski definition) is 3. The minimum atomic E-state index is -0.306. The number of nitrogens with one attached hydrogen (secondary N) is 1. The second kappa shape index (κ2) is 6.44. The molecule has 0 aromatic heterocycles. The summed E-state index contributed by atoms with van der Waals surface area (Å²) in [6.07, 6.45) is 0. The lowest BCUT2D eigenvalue weighted by atomic mass is 10.0. The Kier molecular flexibility index (Phi) is 4.63. The third-order valence-corrected chi connectivity index (χ3v) is 3.52. The maximum absolute atomic E-state index is 11.4. The first-order chi connectivity index (χ1) is 10.0. The highest BCUT2D eigenvalue weighted by molar-refractivity contribution is 5.89. The molecular weight excluding hydrogens is 262 g/mol. The van der Waals surface area contributed by atoms with Gasteiger partial charge in [-0.2, -0.15) is 0 Å². The zero-order valence-corrected chi connectivity index (χ0v) is 13.0. The normalized spacial score (nSPS) is 10.3. The summed E-state index contributed by atoms with van der Waals surface area (Å²) in [6.45, 7) is 7.06. The van der Waals surface area contributed by atoms with Gasteiger partial charge in [0.1, 0.15) is 0 Å². The Morgan fingerprint density at radius 3 is 2.14 bits per heavy atom. The minimum absolute atomic E-state index is 0.306. The van der Waals surface area contributed by atoms with Crippen LogP contribution in [0.4, 0.5) is 5.69 Å². The topological polar surface area (TPSA) is 38.3 Å². The number of hydrogen-bond donors (Lipinski definition) is 1. The molecule has 0 atom stereocenters. The van der Waals surface area contributed by atoms with E-state index in [0.29, 0.717) is 5.56 Å². The lowest BCUT2D eigenvalue weighted by Crippen LogP contribution is -2.05. The van der Waals surface area contributed by atoms with Crippen LogP contribution >= 0.6 is 0 Å². The van der Waals surface area contributed by atoms with Gasteiger partial charge in [-0.15, -0.1) is 0 Å². The molecule has 0 aliphatic rings. The number of ether oxygens (including phenoxy) is 1. The molecule has 2 aromatic carbocycles. The smallest absolute Gasteiger partial charge is 0.337 e. The molecule has 0 aliphatic carbocycles. The van der Waals surface area contributed by atoms with Crippen LogP contribution in [0.1, 0.15) is 32.6 Å². The van der Waals surface area contributed by atoms with E-state index in [1.165, 1.54) is 29.5 Å². The third-order valence-electron chi connectivity index (χ3n) is 3.52. The van der Waals surface area contributed by atoms with Crippen molar-refractivity contribution in [2.24, 2.45) is 0 Å². The van der Waals surface area contributed by atoms with Crippen LogP contribution < -0.4 is 5.32 Å². The quantitative estimate of drug-likeness (QED) is 0.862. The third kappa shape index (κ3) is 3.63. The summed E-state index contributed by atoms with van der Waals surface area (Å²) in [4.78, 5) is 11.4. The van der Waals surface area contributed by atoms with Crippen LogP contribution in [-0.2, 0) is 11.3 Å². The first-order valence-electron chi connectivity index (χ1n) is 7.00. The van der Waals surface area contributed by atoms with E-state index in [1.54, 1.807) is 12.1 Å². The van der Waals surface area contributed by atoms with Gasteiger partial charge in [-0.25, -0.2) is 4.79 Å². The molecule has 0 heterocycles. The molecule has 0 aliphatic heterocycles. The Balaban J connectivity index is 2.08. The van der Waals surface area contributed by atoms with E-state index < -0.39 is 0 Å². The Morgan fingerprint density at radius 2 is 1.62 bits per heavy atom. The van der Waals surface area contributed by atoms with E-state index in [-0.39, 0.29) is 5.97 Å². The summed E-state index contributed by atoms with van der Waals surface area (Å²) < 4.78 is 4.69.